The van der Waals surface area contributed by atoms with Crippen LogP contribution in [0.15, 0.2) is 54.6 Å². The predicted octanol–water partition coefficient (Wildman–Crippen LogP) is 5.35. The van der Waals surface area contributed by atoms with Gasteiger partial charge in [0.2, 0.25) is 0 Å². The molecule has 0 radical (unpaired) electrons. The first kappa shape index (κ1) is 14.8. The lowest BCUT2D eigenvalue weighted by molar-refractivity contribution is 0.0932. The van der Waals surface area contributed by atoms with Crippen molar-refractivity contribution in [3.8, 4) is 0 Å². The van der Waals surface area contributed by atoms with Crippen LogP contribution in [-0.4, -0.2) is 5.78 Å². The van der Waals surface area contributed by atoms with E-state index in [9.17, 15) is 4.79 Å². The van der Waals surface area contributed by atoms with Crippen LogP contribution in [0.5, 0.6) is 0 Å². The molecule has 0 aliphatic rings. The third-order valence-electron chi connectivity index (χ3n) is 3.78. The van der Waals surface area contributed by atoms with Crippen molar-refractivity contribution in [3.63, 3.8) is 0 Å². The number of carbonyl (C=O) groups excluding carboxylic acids is 1. The smallest absolute Gasteiger partial charge is 0.170 e. The van der Waals surface area contributed by atoms with Crippen LogP contribution < -0.4 is 0 Å². The van der Waals surface area contributed by atoms with E-state index in [4.69, 9.17) is 11.6 Å². The molecule has 2 unspecified atom stereocenters. The molecular weight excluding hydrogens is 268 g/mol. The van der Waals surface area contributed by atoms with Crippen molar-refractivity contribution in [2.24, 2.45) is 5.92 Å². The Bertz CT molecular complexity index is 560. The quantitative estimate of drug-likeness (QED) is 0.677. The van der Waals surface area contributed by atoms with Gasteiger partial charge in [-0.05, 0) is 35.7 Å². The van der Waals surface area contributed by atoms with Gasteiger partial charge < -0.3 is 0 Å². The van der Waals surface area contributed by atoms with Crippen molar-refractivity contribution in [3.05, 3.63) is 70.7 Å². The Morgan fingerprint density at radius 3 is 2.20 bits per heavy atom. The summed E-state index contributed by atoms with van der Waals surface area (Å²) in [5.74, 6) is 0.380. The fourth-order valence-corrected chi connectivity index (χ4v) is 2.55. The molecule has 2 aromatic rings. The third-order valence-corrected chi connectivity index (χ3v) is 4.03. The van der Waals surface area contributed by atoms with Crippen LogP contribution in [0.4, 0.5) is 0 Å². The summed E-state index contributed by atoms with van der Waals surface area (Å²) in [5, 5.41) is 0.654. The highest BCUT2D eigenvalue weighted by atomic mass is 35.5. The zero-order chi connectivity index (χ0) is 14.5. The normalized spacial score (nSPS) is 13.8. The molecule has 2 aromatic carbocycles. The van der Waals surface area contributed by atoms with Crippen LogP contribution >= 0.6 is 11.6 Å². The number of hydrogen-bond donors (Lipinski definition) is 0. The van der Waals surface area contributed by atoms with Gasteiger partial charge in [-0.15, -0.1) is 0 Å². The average Bonchev–Trinajstić information content (AvgIpc) is 2.49. The Kier molecular flexibility index (Phi) is 4.97. The molecule has 0 bridgehead atoms. The van der Waals surface area contributed by atoms with Crippen molar-refractivity contribution in [1.82, 2.24) is 0 Å². The van der Waals surface area contributed by atoms with Gasteiger partial charge in [-0.3, -0.25) is 4.79 Å². The lowest BCUT2D eigenvalue weighted by Gasteiger charge is -2.22. The van der Waals surface area contributed by atoms with Gasteiger partial charge >= 0.3 is 0 Å². The number of hydrogen-bond acceptors (Lipinski definition) is 1. The molecule has 0 spiro atoms. The summed E-state index contributed by atoms with van der Waals surface area (Å²) in [6.45, 7) is 4.25. The summed E-state index contributed by atoms with van der Waals surface area (Å²) < 4.78 is 0. The first-order valence-corrected chi connectivity index (χ1v) is 7.36. The molecule has 0 aliphatic carbocycles. The van der Waals surface area contributed by atoms with E-state index >= 15 is 0 Å². The lowest BCUT2D eigenvalue weighted by Crippen LogP contribution is -2.20. The van der Waals surface area contributed by atoms with Crippen LogP contribution in [0.3, 0.4) is 0 Å². The van der Waals surface area contributed by atoms with Crippen molar-refractivity contribution >= 4 is 17.4 Å². The lowest BCUT2D eigenvalue weighted by atomic mass is 9.80. The van der Waals surface area contributed by atoms with E-state index < -0.39 is 0 Å². The Morgan fingerprint density at radius 1 is 1.05 bits per heavy atom. The number of Topliss-reactive ketones (excluding diaryl/α,β-unsaturated/α-hetero) is 1. The molecule has 0 amide bonds. The largest absolute Gasteiger partial charge is 0.293 e. The van der Waals surface area contributed by atoms with Crippen molar-refractivity contribution in [2.45, 2.75) is 26.2 Å². The fourth-order valence-electron chi connectivity index (χ4n) is 2.43. The zero-order valence-electron chi connectivity index (χ0n) is 11.8. The van der Waals surface area contributed by atoms with Gasteiger partial charge in [0.05, 0.1) is 0 Å². The third kappa shape index (κ3) is 3.29. The first-order valence-electron chi connectivity index (χ1n) is 6.98. The highest BCUT2D eigenvalue weighted by Crippen LogP contribution is 2.30. The van der Waals surface area contributed by atoms with Gasteiger partial charge in [-0.25, -0.2) is 0 Å². The topological polar surface area (TPSA) is 17.1 Å². The standard InChI is InChI=1S/C18H19ClO/c1-3-13(2)17(14-7-5-4-6-8-14)18(20)15-9-11-16(19)12-10-15/h4-13,17H,3H2,1-2H3. The number of rotatable bonds is 5. The van der Waals surface area contributed by atoms with Crippen molar-refractivity contribution < 1.29 is 4.79 Å². The molecule has 0 aromatic heterocycles. The molecule has 1 nitrogen and oxygen atoms in total. The maximum Gasteiger partial charge on any atom is 0.170 e. The summed E-state index contributed by atoms with van der Waals surface area (Å²) in [7, 11) is 0. The monoisotopic (exact) mass is 286 g/mol. The number of halogens is 1. The first-order chi connectivity index (χ1) is 9.63. The average molecular weight is 287 g/mol. The summed E-state index contributed by atoms with van der Waals surface area (Å²) in [5.41, 5.74) is 1.81. The predicted molar refractivity (Wildman–Crippen MR) is 84.4 cm³/mol. The Labute approximate surface area is 125 Å². The maximum atomic E-state index is 12.8. The van der Waals surface area contributed by atoms with Gasteiger partial charge in [0.25, 0.3) is 0 Å². The van der Waals surface area contributed by atoms with E-state index in [1.165, 1.54) is 0 Å². The molecular formula is C18H19ClO. The number of ketones is 1. The van der Waals surface area contributed by atoms with Crippen LogP contribution in [-0.2, 0) is 0 Å². The van der Waals surface area contributed by atoms with E-state index in [1.54, 1.807) is 12.1 Å². The summed E-state index contributed by atoms with van der Waals surface area (Å²) in [4.78, 5) is 12.8. The second kappa shape index (κ2) is 6.71. The molecule has 0 heterocycles. The second-order valence-corrected chi connectivity index (χ2v) is 5.58. The number of benzene rings is 2. The van der Waals surface area contributed by atoms with Crippen molar-refractivity contribution in [1.29, 1.82) is 0 Å². The molecule has 2 rings (SSSR count). The van der Waals surface area contributed by atoms with Gasteiger partial charge in [0.1, 0.15) is 0 Å². The van der Waals surface area contributed by atoms with E-state index in [0.29, 0.717) is 10.9 Å². The molecule has 0 saturated heterocycles. The van der Waals surface area contributed by atoms with Gasteiger partial charge in [-0.2, -0.15) is 0 Å². The minimum Gasteiger partial charge on any atom is -0.293 e. The SMILES string of the molecule is CCC(C)C(C(=O)c1ccc(Cl)cc1)c1ccccc1. The van der Waals surface area contributed by atoms with Gasteiger partial charge in [0, 0.05) is 16.5 Å². The van der Waals surface area contributed by atoms with Crippen LogP contribution in [0.2, 0.25) is 5.02 Å². The van der Waals surface area contributed by atoms with E-state index in [2.05, 4.69) is 13.8 Å². The fraction of sp³-hybridized carbons (Fsp3) is 0.278. The molecule has 0 N–H and O–H groups in total. The zero-order valence-corrected chi connectivity index (χ0v) is 12.6. The molecule has 2 atom stereocenters. The van der Waals surface area contributed by atoms with Crippen LogP contribution in [0.1, 0.15) is 42.1 Å². The summed E-state index contributed by atoms with van der Waals surface area (Å²) in [6.07, 6.45) is 0.971. The van der Waals surface area contributed by atoms with Gasteiger partial charge in [0.15, 0.2) is 5.78 Å². The summed E-state index contributed by atoms with van der Waals surface area (Å²) in [6, 6.07) is 17.2. The van der Waals surface area contributed by atoms with Crippen LogP contribution in [0, 0.1) is 5.92 Å². The highest BCUT2D eigenvalue weighted by Gasteiger charge is 2.26. The van der Waals surface area contributed by atoms with Crippen molar-refractivity contribution in [2.75, 3.05) is 0 Å². The Balaban J connectivity index is 2.36. The molecule has 0 saturated carbocycles. The maximum absolute atomic E-state index is 12.8. The second-order valence-electron chi connectivity index (χ2n) is 5.15. The highest BCUT2D eigenvalue weighted by molar-refractivity contribution is 6.30. The minimum absolute atomic E-state index is 0.0950. The number of carbonyl (C=O) groups is 1. The van der Waals surface area contributed by atoms with E-state index in [-0.39, 0.29) is 11.7 Å². The van der Waals surface area contributed by atoms with Crippen LogP contribution in [0.25, 0.3) is 0 Å². The molecule has 0 aliphatic heterocycles. The Hall–Kier alpha value is -1.60. The van der Waals surface area contributed by atoms with E-state index in [1.807, 2.05) is 42.5 Å². The molecule has 104 valence electrons. The Morgan fingerprint density at radius 2 is 1.65 bits per heavy atom. The molecule has 0 fully saturated rings. The minimum atomic E-state index is -0.0950. The van der Waals surface area contributed by atoms with Gasteiger partial charge in [-0.1, -0.05) is 62.2 Å². The summed E-state index contributed by atoms with van der Waals surface area (Å²) >= 11 is 5.89. The molecule has 2 heteroatoms. The van der Waals surface area contributed by atoms with E-state index in [0.717, 1.165) is 17.5 Å². The molecule has 20 heavy (non-hydrogen) atoms.